The van der Waals surface area contributed by atoms with Crippen molar-refractivity contribution in [2.45, 2.75) is 197 Å². The van der Waals surface area contributed by atoms with Gasteiger partial charge in [0, 0.05) is 0 Å². The third-order valence-electron chi connectivity index (χ3n) is 9.56. The van der Waals surface area contributed by atoms with E-state index in [-0.39, 0.29) is 0 Å². The molecule has 0 saturated heterocycles. The summed E-state index contributed by atoms with van der Waals surface area (Å²) >= 11 is 0. The van der Waals surface area contributed by atoms with Crippen molar-refractivity contribution in [2.75, 3.05) is 39.3 Å². The molecule has 0 spiro atoms. The van der Waals surface area contributed by atoms with E-state index >= 15 is 0 Å². The largest absolute Gasteiger partial charge is 0.652 e. The molecule has 256 valence electrons. The van der Waals surface area contributed by atoms with Crippen LogP contribution in [0.1, 0.15) is 185 Å². The van der Waals surface area contributed by atoms with E-state index in [1.807, 2.05) is 0 Å². The average Bonchev–Trinajstić information content (AvgIpc) is 2.98. The molecule has 0 amide bonds. The third kappa shape index (κ3) is 23.6. The van der Waals surface area contributed by atoms with Crippen LogP contribution in [0.15, 0.2) is 0 Å². The first-order chi connectivity index (χ1) is 20.1. The standard InChI is InChI=1S/2C18H40N.CH2O3/c2*1-6-10-14-18(5)19(15-11-7-2,16-12-8-3)17-13-9-4;2-1(3)4/h2*18H,6-17H2,1-5H3;(H2,2,3,4)/q2*+1;/p-2. The number of quaternary nitrogens is 2. The van der Waals surface area contributed by atoms with E-state index in [2.05, 4.69) is 69.2 Å². The lowest BCUT2D eigenvalue weighted by Crippen LogP contribution is -2.56. The van der Waals surface area contributed by atoms with Gasteiger partial charge >= 0.3 is 0 Å². The predicted molar refractivity (Wildman–Crippen MR) is 183 cm³/mol. The predicted octanol–water partition coefficient (Wildman–Crippen LogP) is 9.12. The summed E-state index contributed by atoms with van der Waals surface area (Å²) in [7, 11) is 0. The van der Waals surface area contributed by atoms with Gasteiger partial charge in [0.2, 0.25) is 0 Å². The monoisotopic (exact) mass is 601 g/mol. The molecule has 0 aromatic heterocycles. The lowest BCUT2D eigenvalue weighted by atomic mass is 10.0. The van der Waals surface area contributed by atoms with Crippen LogP contribution in [-0.2, 0) is 0 Å². The zero-order valence-corrected chi connectivity index (χ0v) is 30.7. The van der Waals surface area contributed by atoms with E-state index in [1.54, 1.807) is 0 Å². The van der Waals surface area contributed by atoms with Gasteiger partial charge in [0.05, 0.1) is 51.4 Å². The summed E-state index contributed by atoms with van der Waals surface area (Å²) < 4.78 is 2.82. The molecule has 0 fully saturated rings. The van der Waals surface area contributed by atoms with Gasteiger partial charge in [-0.1, -0.05) is 107 Å². The second-order valence-corrected chi connectivity index (χ2v) is 13.1. The van der Waals surface area contributed by atoms with E-state index in [0.717, 1.165) is 12.1 Å². The van der Waals surface area contributed by atoms with Crippen LogP contribution in [-0.4, -0.2) is 66.5 Å². The molecule has 0 heterocycles. The van der Waals surface area contributed by atoms with E-state index in [9.17, 15) is 0 Å². The summed E-state index contributed by atoms with van der Waals surface area (Å²) in [5, 5.41) is 16.7. The smallest absolute Gasteiger partial charge is 0.0861 e. The molecule has 42 heavy (non-hydrogen) atoms. The first kappa shape index (κ1) is 45.6. The minimum absolute atomic E-state index is 0.865. The summed E-state index contributed by atoms with van der Waals surface area (Å²) in [6.45, 7) is 32.2. The van der Waals surface area contributed by atoms with Crippen LogP contribution < -0.4 is 10.2 Å². The van der Waals surface area contributed by atoms with E-state index < -0.39 is 6.16 Å². The number of rotatable bonds is 26. The highest BCUT2D eigenvalue weighted by Gasteiger charge is 2.32. The van der Waals surface area contributed by atoms with Crippen molar-refractivity contribution in [3.8, 4) is 0 Å². The van der Waals surface area contributed by atoms with Gasteiger partial charge in [-0.25, -0.2) is 0 Å². The molecule has 0 aliphatic carbocycles. The second kappa shape index (κ2) is 31.6. The van der Waals surface area contributed by atoms with Gasteiger partial charge in [0.15, 0.2) is 0 Å². The molecule has 0 rings (SSSR count). The molecule has 5 heteroatoms. The molecule has 0 aromatic rings. The highest BCUT2D eigenvalue weighted by molar-refractivity contribution is 5.47. The number of carbonyl (C=O) groups excluding carboxylic acids is 1. The summed E-state index contributed by atoms with van der Waals surface area (Å²) in [5.41, 5.74) is 0. The van der Waals surface area contributed by atoms with Gasteiger partial charge in [-0.05, 0) is 84.2 Å². The maximum atomic E-state index is 8.33. The number of carbonyl (C=O) groups is 1. The highest BCUT2D eigenvalue weighted by Crippen LogP contribution is 2.24. The topological polar surface area (TPSA) is 63.2 Å². The van der Waals surface area contributed by atoms with Crippen molar-refractivity contribution >= 4 is 6.16 Å². The quantitative estimate of drug-likeness (QED) is 0.0930. The Morgan fingerprint density at radius 1 is 0.429 bits per heavy atom. The SMILES string of the molecule is CCCCC(C)[N+](CCCC)(CCCC)CCCC.CCCCC(C)[N+](CCCC)(CCCC)CCCC.O=C([O-])[O-]. The van der Waals surface area contributed by atoms with Crippen LogP contribution >= 0.6 is 0 Å². The molecule has 0 aliphatic rings. The molecule has 0 radical (unpaired) electrons. The van der Waals surface area contributed by atoms with Gasteiger partial charge in [0.1, 0.15) is 0 Å². The van der Waals surface area contributed by atoms with Crippen molar-refractivity contribution in [3.05, 3.63) is 0 Å². The Hall–Kier alpha value is -0.810. The normalized spacial score (nSPS) is 13.0. The average molecular weight is 601 g/mol. The van der Waals surface area contributed by atoms with Crippen molar-refractivity contribution in [2.24, 2.45) is 0 Å². The maximum absolute atomic E-state index is 8.33. The first-order valence-corrected chi connectivity index (χ1v) is 18.7. The van der Waals surface area contributed by atoms with Gasteiger partial charge in [0.25, 0.3) is 0 Å². The van der Waals surface area contributed by atoms with Crippen molar-refractivity contribution in [1.82, 2.24) is 0 Å². The summed E-state index contributed by atoms with van der Waals surface area (Å²) in [6.07, 6.45) is 22.5. The van der Waals surface area contributed by atoms with Gasteiger partial charge < -0.3 is 24.0 Å². The number of hydrogen-bond acceptors (Lipinski definition) is 3. The molecule has 0 aromatic carbocycles. The minimum Gasteiger partial charge on any atom is -0.652 e. The van der Waals surface area contributed by atoms with E-state index in [0.29, 0.717) is 0 Å². The fourth-order valence-corrected chi connectivity index (χ4v) is 6.38. The zero-order chi connectivity index (χ0) is 32.7. The Bertz CT molecular complexity index is 466. The lowest BCUT2D eigenvalue weighted by molar-refractivity contribution is -0.950. The number of unbranched alkanes of at least 4 members (excludes halogenated alkanes) is 8. The van der Waals surface area contributed by atoms with E-state index in [1.165, 1.54) is 164 Å². The Labute approximate surface area is 266 Å². The zero-order valence-electron chi connectivity index (χ0n) is 30.7. The Morgan fingerprint density at radius 2 is 0.595 bits per heavy atom. The van der Waals surface area contributed by atoms with Crippen molar-refractivity contribution in [1.29, 1.82) is 0 Å². The molecule has 0 saturated carbocycles. The first-order valence-electron chi connectivity index (χ1n) is 18.7. The summed E-state index contributed by atoms with van der Waals surface area (Å²) in [6, 6.07) is 1.73. The molecule has 0 bridgehead atoms. The van der Waals surface area contributed by atoms with Gasteiger partial charge in [-0.3, -0.25) is 0 Å². The van der Waals surface area contributed by atoms with Crippen LogP contribution in [0.2, 0.25) is 0 Å². The maximum Gasteiger partial charge on any atom is 0.0861 e. The van der Waals surface area contributed by atoms with E-state index in [4.69, 9.17) is 15.0 Å². The van der Waals surface area contributed by atoms with Crippen LogP contribution in [0.5, 0.6) is 0 Å². The number of carboxylic acid groups (broad SMARTS) is 2. The molecular formula is C37H80N2O3. The molecule has 2 unspecified atom stereocenters. The Morgan fingerprint density at radius 3 is 0.738 bits per heavy atom. The summed E-state index contributed by atoms with van der Waals surface area (Å²) in [4.78, 5) is 8.33. The molecule has 5 nitrogen and oxygen atoms in total. The minimum atomic E-state index is -2.33. The Kier molecular flexibility index (Phi) is 34.3. The van der Waals surface area contributed by atoms with Gasteiger partial charge in [-0.2, -0.15) is 0 Å². The van der Waals surface area contributed by atoms with Crippen LogP contribution in [0.25, 0.3) is 0 Å². The van der Waals surface area contributed by atoms with Crippen LogP contribution in [0.3, 0.4) is 0 Å². The molecule has 2 atom stereocenters. The fourth-order valence-electron chi connectivity index (χ4n) is 6.38. The lowest BCUT2D eigenvalue weighted by Gasteiger charge is -2.44. The Balaban J connectivity index is -0.000000641. The second-order valence-electron chi connectivity index (χ2n) is 13.1. The molecular weight excluding hydrogens is 520 g/mol. The van der Waals surface area contributed by atoms with Gasteiger partial charge in [-0.15, -0.1) is 0 Å². The molecule has 0 aliphatic heterocycles. The van der Waals surface area contributed by atoms with Crippen molar-refractivity contribution in [3.63, 3.8) is 0 Å². The number of nitrogens with zero attached hydrogens (tertiary/aromatic N) is 2. The summed E-state index contributed by atoms with van der Waals surface area (Å²) in [5.74, 6) is 0. The third-order valence-corrected chi connectivity index (χ3v) is 9.56. The van der Waals surface area contributed by atoms with Crippen molar-refractivity contribution < 1.29 is 24.0 Å². The number of hydrogen-bond donors (Lipinski definition) is 0. The van der Waals surface area contributed by atoms with Crippen LogP contribution in [0.4, 0.5) is 4.79 Å². The highest BCUT2D eigenvalue weighted by atomic mass is 16.6. The van der Waals surface area contributed by atoms with Crippen LogP contribution in [0, 0.1) is 0 Å². The molecule has 0 N–H and O–H groups in total. The fraction of sp³-hybridized carbons (Fsp3) is 0.973.